The van der Waals surface area contributed by atoms with Gasteiger partial charge in [-0.3, -0.25) is 10.1 Å². The van der Waals surface area contributed by atoms with Gasteiger partial charge in [-0.15, -0.1) is 0 Å². The van der Waals surface area contributed by atoms with E-state index < -0.39 is 4.92 Å². The summed E-state index contributed by atoms with van der Waals surface area (Å²) in [7, 11) is 0. The van der Waals surface area contributed by atoms with Gasteiger partial charge in [-0.2, -0.15) is 4.37 Å². The quantitative estimate of drug-likeness (QED) is 0.639. The summed E-state index contributed by atoms with van der Waals surface area (Å²) in [5.74, 6) is 0.489. The first-order chi connectivity index (χ1) is 7.77. The van der Waals surface area contributed by atoms with Crippen LogP contribution in [0.25, 0.3) is 0 Å². The summed E-state index contributed by atoms with van der Waals surface area (Å²) in [6.45, 7) is 2.54. The topological polar surface area (TPSA) is 77.3 Å². The summed E-state index contributed by atoms with van der Waals surface area (Å²) in [5, 5.41) is 14.2. The minimum absolute atomic E-state index is 0.0288. The van der Waals surface area contributed by atoms with Crippen LogP contribution in [-0.4, -0.2) is 29.0 Å². The van der Waals surface area contributed by atoms with Gasteiger partial charge in [0.2, 0.25) is 0 Å². The number of hydrogen-bond donors (Lipinski definition) is 1. The Kier molecular flexibility index (Phi) is 3.68. The molecule has 16 heavy (non-hydrogen) atoms. The van der Waals surface area contributed by atoms with Crippen molar-refractivity contribution in [2.45, 2.75) is 12.8 Å². The molecule has 1 saturated heterocycles. The summed E-state index contributed by atoms with van der Waals surface area (Å²) in [5.41, 5.74) is -0.0288. The molecule has 0 aliphatic carbocycles. The van der Waals surface area contributed by atoms with Gasteiger partial charge in [-0.1, -0.05) is 0 Å². The first-order valence-corrected chi connectivity index (χ1v) is 5.97. The van der Waals surface area contributed by atoms with Crippen LogP contribution in [0.4, 0.5) is 5.69 Å². The number of ether oxygens (including phenoxy) is 1. The molecule has 1 fully saturated rings. The van der Waals surface area contributed by atoms with Crippen molar-refractivity contribution in [3.05, 3.63) is 16.3 Å². The van der Waals surface area contributed by atoms with Gasteiger partial charge >= 0.3 is 5.69 Å². The number of nitro groups is 1. The smallest absolute Gasteiger partial charge is 0.342 e. The van der Waals surface area contributed by atoms with Gasteiger partial charge in [0.25, 0.3) is 5.06 Å². The fourth-order valence-corrected chi connectivity index (χ4v) is 2.28. The molecule has 2 rings (SSSR count). The van der Waals surface area contributed by atoms with Crippen LogP contribution in [0.5, 0.6) is 5.06 Å². The molecular weight excluding hydrogens is 230 g/mol. The lowest BCUT2D eigenvalue weighted by Crippen LogP contribution is -2.30. The third kappa shape index (κ3) is 2.67. The zero-order valence-corrected chi connectivity index (χ0v) is 9.53. The Labute approximate surface area is 96.9 Å². The first-order valence-electron chi connectivity index (χ1n) is 5.20. The van der Waals surface area contributed by atoms with Gasteiger partial charge in [0.05, 0.1) is 11.5 Å². The van der Waals surface area contributed by atoms with Gasteiger partial charge in [0.1, 0.15) is 6.20 Å². The Morgan fingerprint density at radius 3 is 3.06 bits per heavy atom. The van der Waals surface area contributed by atoms with Gasteiger partial charge in [-0.05, 0) is 31.8 Å². The molecule has 0 saturated carbocycles. The molecule has 7 heteroatoms. The number of piperidine rings is 1. The van der Waals surface area contributed by atoms with E-state index >= 15 is 0 Å². The van der Waals surface area contributed by atoms with Crippen LogP contribution in [-0.2, 0) is 0 Å². The zero-order chi connectivity index (χ0) is 11.4. The summed E-state index contributed by atoms with van der Waals surface area (Å²) in [6.07, 6.45) is 3.36. The van der Waals surface area contributed by atoms with E-state index in [-0.39, 0.29) is 5.69 Å². The third-order valence-corrected chi connectivity index (χ3v) is 3.33. The maximum Gasteiger partial charge on any atom is 0.342 e. The van der Waals surface area contributed by atoms with Crippen molar-refractivity contribution in [1.29, 1.82) is 0 Å². The second-order valence-electron chi connectivity index (χ2n) is 3.76. The molecular formula is C9H13N3O3S. The number of aromatic nitrogens is 1. The summed E-state index contributed by atoms with van der Waals surface area (Å²) in [6, 6.07) is 0. The number of rotatable bonds is 4. The maximum absolute atomic E-state index is 10.6. The average Bonchev–Trinajstić information content (AvgIpc) is 2.76. The Hall–Kier alpha value is -1.21. The molecule has 1 aromatic heterocycles. The lowest BCUT2D eigenvalue weighted by molar-refractivity contribution is -0.385. The van der Waals surface area contributed by atoms with Crippen LogP contribution < -0.4 is 10.1 Å². The first kappa shape index (κ1) is 11.3. The highest BCUT2D eigenvalue weighted by Gasteiger charge is 2.20. The van der Waals surface area contributed by atoms with Crippen molar-refractivity contribution in [2.24, 2.45) is 5.92 Å². The molecule has 6 nitrogen and oxygen atoms in total. The third-order valence-electron chi connectivity index (χ3n) is 2.63. The number of nitrogens with zero attached hydrogens (tertiary/aromatic N) is 2. The number of nitrogens with one attached hydrogen (secondary N) is 1. The molecule has 1 N–H and O–H groups in total. The fourth-order valence-electron chi connectivity index (χ4n) is 1.69. The van der Waals surface area contributed by atoms with Gasteiger partial charge in [-0.25, -0.2) is 0 Å². The van der Waals surface area contributed by atoms with E-state index in [1.54, 1.807) is 0 Å². The molecule has 0 unspecified atom stereocenters. The van der Waals surface area contributed by atoms with Gasteiger partial charge in [0, 0.05) is 11.5 Å². The van der Waals surface area contributed by atoms with Crippen molar-refractivity contribution < 1.29 is 9.66 Å². The normalized spacial score (nSPS) is 17.2. The summed E-state index contributed by atoms with van der Waals surface area (Å²) < 4.78 is 9.23. The van der Waals surface area contributed by atoms with E-state index in [4.69, 9.17) is 4.74 Å². The maximum atomic E-state index is 10.6. The molecule has 0 atom stereocenters. The standard InChI is InChI=1S/C9H13N3O3S/c13-12(14)8-5-11-16-9(8)15-6-7-1-3-10-4-2-7/h5,7,10H,1-4,6H2. The molecule has 1 aliphatic heterocycles. The largest absolute Gasteiger partial charge is 0.478 e. The van der Waals surface area contributed by atoms with Gasteiger partial charge < -0.3 is 10.1 Å². The van der Waals surface area contributed by atoms with Crippen LogP contribution in [0.3, 0.4) is 0 Å². The molecule has 2 heterocycles. The molecule has 0 radical (unpaired) electrons. The van der Waals surface area contributed by atoms with Crippen LogP contribution in [0.15, 0.2) is 6.20 Å². The van der Waals surface area contributed by atoms with Crippen molar-refractivity contribution >= 4 is 17.2 Å². The highest BCUT2D eigenvalue weighted by molar-refractivity contribution is 7.08. The van der Waals surface area contributed by atoms with Crippen molar-refractivity contribution in [3.8, 4) is 5.06 Å². The van der Waals surface area contributed by atoms with Crippen LogP contribution in [0.2, 0.25) is 0 Å². The Balaban J connectivity index is 1.88. The van der Waals surface area contributed by atoms with E-state index in [2.05, 4.69) is 9.69 Å². The van der Waals surface area contributed by atoms with Crippen molar-refractivity contribution in [3.63, 3.8) is 0 Å². The fraction of sp³-hybridized carbons (Fsp3) is 0.667. The van der Waals surface area contributed by atoms with E-state index in [0.717, 1.165) is 37.5 Å². The van der Waals surface area contributed by atoms with Crippen LogP contribution >= 0.6 is 11.5 Å². The predicted octanol–water partition coefficient (Wildman–Crippen LogP) is 1.43. The minimum atomic E-state index is -0.457. The van der Waals surface area contributed by atoms with E-state index in [9.17, 15) is 10.1 Å². The molecule has 1 aromatic rings. The predicted molar refractivity (Wildman–Crippen MR) is 59.9 cm³/mol. The van der Waals surface area contributed by atoms with Crippen LogP contribution in [0, 0.1) is 16.0 Å². The number of hydrogen-bond acceptors (Lipinski definition) is 6. The Bertz CT molecular complexity index is 363. The van der Waals surface area contributed by atoms with Crippen molar-refractivity contribution in [2.75, 3.05) is 19.7 Å². The van der Waals surface area contributed by atoms with Crippen molar-refractivity contribution in [1.82, 2.24) is 9.69 Å². The molecule has 0 amide bonds. The average molecular weight is 243 g/mol. The molecule has 0 spiro atoms. The van der Waals surface area contributed by atoms with Gasteiger partial charge in [0.15, 0.2) is 0 Å². The Morgan fingerprint density at radius 2 is 2.38 bits per heavy atom. The summed E-state index contributed by atoms with van der Waals surface area (Å²) >= 11 is 1.04. The Morgan fingerprint density at radius 1 is 1.62 bits per heavy atom. The summed E-state index contributed by atoms with van der Waals surface area (Å²) in [4.78, 5) is 10.2. The lowest BCUT2D eigenvalue weighted by Gasteiger charge is -2.21. The second-order valence-corrected chi connectivity index (χ2v) is 4.52. The molecule has 0 aromatic carbocycles. The van der Waals surface area contributed by atoms with E-state index in [1.165, 1.54) is 6.20 Å². The molecule has 88 valence electrons. The monoisotopic (exact) mass is 243 g/mol. The minimum Gasteiger partial charge on any atom is -0.478 e. The van der Waals surface area contributed by atoms with E-state index in [1.807, 2.05) is 0 Å². The second kappa shape index (κ2) is 5.22. The van der Waals surface area contributed by atoms with Crippen LogP contribution in [0.1, 0.15) is 12.8 Å². The SMILES string of the molecule is O=[N+]([O-])c1cnsc1OCC1CCNCC1. The van der Waals surface area contributed by atoms with E-state index in [0.29, 0.717) is 17.6 Å². The lowest BCUT2D eigenvalue weighted by atomic mass is 9.99. The molecule has 0 bridgehead atoms. The molecule has 1 aliphatic rings. The highest BCUT2D eigenvalue weighted by atomic mass is 32.1. The zero-order valence-electron chi connectivity index (χ0n) is 8.72. The highest BCUT2D eigenvalue weighted by Crippen LogP contribution is 2.31.